The average molecular weight is 516 g/mol. The van der Waals surface area contributed by atoms with Gasteiger partial charge in [0.2, 0.25) is 0 Å². The minimum Gasteiger partial charge on any atom is -0.463 e. The SMILES string of the molecule is CCOC(=O)C1=C(c2ccccc2)N=C2SCCCN2C1c1ccc(NC(=O)c2cccc(F)c2)cc1. The number of carbonyl (C=O) groups excluding carboxylic acids is 2. The highest BCUT2D eigenvalue weighted by Gasteiger charge is 2.39. The molecule has 37 heavy (non-hydrogen) atoms. The lowest BCUT2D eigenvalue weighted by atomic mass is 9.91. The Morgan fingerprint density at radius 3 is 2.59 bits per heavy atom. The zero-order valence-corrected chi connectivity index (χ0v) is 21.1. The van der Waals surface area contributed by atoms with E-state index in [-0.39, 0.29) is 18.2 Å². The molecule has 3 aromatic carbocycles. The van der Waals surface area contributed by atoms with Crippen LogP contribution in [0.25, 0.3) is 5.70 Å². The Morgan fingerprint density at radius 2 is 1.86 bits per heavy atom. The van der Waals surface area contributed by atoms with Crippen LogP contribution in [0.5, 0.6) is 0 Å². The lowest BCUT2D eigenvalue weighted by molar-refractivity contribution is -0.139. The van der Waals surface area contributed by atoms with Crippen molar-refractivity contribution in [2.45, 2.75) is 19.4 Å². The summed E-state index contributed by atoms with van der Waals surface area (Å²) >= 11 is 1.68. The molecule has 1 unspecified atom stereocenters. The number of amidine groups is 1. The summed E-state index contributed by atoms with van der Waals surface area (Å²) in [6.07, 6.45) is 0.971. The number of amides is 1. The predicted octanol–water partition coefficient (Wildman–Crippen LogP) is 5.90. The number of hydrogen-bond acceptors (Lipinski definition) is 6. The van der Waals surface area contributed by atoms with Gasteiger partial charge in [-0.15, -0.1) is 0 Å². The molecule has 0 bridgehead atoms. The van der Waals surface area contributed by atoms with E-state index in [9.17, 15) is 14.0 Å². The van der Waals surface area contributed by atoms with Crippen molar-refractivity contribution in [2.24, 2.45) is 4.99 Å². The fourth-order valence-electron chi connectivity index (χ4n) is 4.52. The van der Waals surface area contributed by atoms with Gasteiger partial charge in [0.05, 0.1) is 23.9 Å². The number of esters is 1. The van der Waals surface area contributed by atoms with Gasteiger partial charge in [-0.05, 0) is 49.2 Å². The van der Waals surface area contributed by atoms with Crippen molar-refractivity contribution in [2.75, 3.05) is 24.2 Å². The number of benzene rings is 3. The largest absolute Gasteiger partial charge is 0.463 e. The van der Waals surface area contributed by atoms with Crippen LogP contribution in [0.15, 0.2) is 89.4 Å². The van der Waals surface area contributed by atoms with Crippen molar-refractivity contribution in [1.29, 1.82) is 0 Å². The number of anilines is 1. The molecule has 1 N–H and O–H groups in total. The molecule has 188 valence electrons. The summed E-state index contributed by atoms with van der Waals surface area (Å²) in [7, 11) is 0. The first kappa shape index (κ1) is 24.8. The van der Waals surface area contributed by atoms with Crippen molar-refractivity contribution in [3.05, 3.63) is 107 Å². The number of thioether (sulfide) groups is 1. The predicted molar refractivity (Wildman–Crippen MR) is 145 cm³/mol. The molecule has 0 aromatic heterocycles. The van der Waals surface area contributed by atoms with Gasteiger partial charge in [0.1, 0.15) is 5.82 Å². The van der Waals surface area contributed by atoms with E-state index in [1.807, 2.05) is 42.5 Å². The zero-order valence-electron chi connectivity index (χ0n) is 20.3. The van der Waals surface area contributed by atoms with Gasteiger partial charge in [0.25, 0.3) is 5.91 Å². The number of halogens is 1. The van der Waals surface area contributed by atoms with Crippen molar-refractivity contribution in [3.63, 3.8) is 0 Å². The second kappa shape index (κ2) is 11.0. The number of carbonyl (C=O) groups is 2. The summed E-state index contributed by atoms with van der Waals surface area (Å²) in [5.74, 6) is -0.299. The molecule has 8 heteroatoms. The second-order valence-electron chi connectivity index (χ2n) is 8.63. The average Bonchev–Trinajstić information content (AvgIpc) is 2.93. The molecule has 1 atom stereocenters. The van der Waals surface area contributed by atoms with Crippen molar-refractivity contribution < 1.29 is 18.7 Å². The normalized spacial score (nSPS) is 17.1. The van der Waals surface area contributed by atoms with Crippen LogP contribution in [-0.4, -0.2) is 40.8 Å². The fourth-order valence-corrected chi connectivity index (χ4v) is 5.49. The molecule has 6 nitrogen and oxygen atoms in total. The molecule has 2 aliphatic rings. The smallest absolute Gasteiger partial charge is 0.338 e. The Hall–Kier alpha value is -3.91. The van der Waals surface area contributed by atoms with Gasteiger partial charge in [0.15, 0.2) is 5.17 Å². The molecule has 0 spiro atoms. The Kier molecular flexibility index (Phi) is 7.37. The third-order valence-corrected chi connectivity index (χ3v) is 7.26. The summed E-state index contributed by atoms with van der Waals surface area (Å²) in [5, 5.41) is 3.69. The summed E-state index contributed by atoms with van der Waals surface area (Å²) < 4.78 is 19.0. The van der Waals surface area contributed by atoms with Crippen LogP contribution in [0.4, 0.5) is 10.1 Å². The first-order chi connectivity index (χ1) is 18.0. The number of ether oxygens (including phenoxy) is 1. The maximum Gasteiger partial charge on any atom is 0.338 e. The van der Waals surface area contributed by atoms with E-state index in [0.717, 1.165) is 35.0 Å². The van der Waals surface area contributed by atoms with Crippen molar-refractivity contribution in [1.82, 2.24) is 4.90 Å². The van der Waals surface area contributed by atoms with Crippen LogP contribution in [0.3, 0.4) is 0 Å². The van der Waals surface area contributed by atoms with Crippen LogP contribution < -0.4 is 5.32 Å². The van der Waals surface area contributed by atoms with Crippen LogP contribution in [0.1, 0.15) is 40.9 Å². The fraction of sp³-hybridized carbons (Fsp3) is 0.207. The quantitative estimate of drug-likeness (QED) is 0.414. The Morgan fingerprint density at radius 1 is 1.08 bits per heavy atom. The van der Waals surface area contributed by atoms with E-state index in [1.165, 1.54) is 18.2 Å². The molecule has 0 saturated carbocycles. The van der Waals surface area contributed by atoms with Crippen LogP contribution in [0, 0.1) is 5.82 Å². The highest BCUT2D eigenvalue weighted by atomic mass is 32.2. The third-order valence-electron chi connectivity index (χ3n) is 6.18. The van der Waals surface area contributed by atoms with Gasteiger partial charge in [-0.2, -0.15) is 0 Å². The highest BCUT2D eigenvalue weighted by molar-refractivity contribution is 8.13. The molecule has 1 fully saturated rings. The van der Waals surface area contributed by atoms with Gasteiger partial charge in [0, 0.05) is 29.1 Å². The van der Waals surface area contributed by atoms with E-state index >= 15 is 0 Å². The molecule has 0 radical (unpaired) electrons. The minimum absolute atomic E-state index is 0.239. The number of fused-ring (bicyclic) bond motifs is 1. The maximum absolute atomic E-state index is 13.5. The summed E-state index contributed by atoms with van der Waals surface area (Å²) in [6, 6.07) is 22.2. The summed E-state index contributed by atoms with van der Waals surface area (Å²) in [6.45, 7) is 2.81. The third kappa shape index (κ3) is 5.29. The van der Waals surface area contributed by atoms with Crippen molar-refractivity contribution in [3.8, 4) is 0 Å². The van der Waals surface area contributed by atoms with Crippen LogP contribution >= 0.6 is 11.8 Å². The molecule has 2 heterocycles. The summed E-state index contributed by atoms with van der Waals surface area (Å²) in [5.41, 5.74) is 3.66. The van der Waals surface area contributed by atoms with Gasteiger partial charge >= 0.3 is 5.97 Å². The van der Waals surface area contributed by atoms with Gasteiger partial charge in [-0.3, -0.25) is 4.79 Å². The second-order valence-corrected chi connectivity index (χ2v) is 9.69. The Bertz CT molecular complexity index is 1370. The molecular weight excluding hydrogens is 489 g/mol. The van der Waals surface area contributed by atoms with Gasteiger partial charge in [-0.25, -0.2) is 14.2 Å². The van der Waals surface area contributed by atoms with Crippen LogP contribution in [-0.2, 0) is 9.53 Å². The standard InChI is InChI=1S/C29H26FN3O3S/c1-2-36-28(35)24-25(19-8-4-3-5-9-19)32-29-33(16-7-17-37-29)26(24)20-12-14-23(15-13-20)31-27(34)21-10-6-11-22(30)18-21/h3-6,8-15,18,26H,2,7,16-17H2,1H3,(H,31,34). The lowest BCUT2D eigenvalue weighted by Crippen LogP contribution is -2.42. The lowest BCUT2D eigenvalue weighted by Gasteiger charge is -2.41. The number of hydrogen-bond donors (Lipinski definition) is 1. The topological polar surface area (TPSA) is 71.0 Å². The van der Waals surface area contributed by atoms with Crippen LogP contribution in [0.2, 0.25) is 0 Å². The molecule has 1 amide bonds. The first-order valence-electron chi connectivity index (χ1n) is 12.2. The van der Waals surface area contributed by atoms with E-state index in [4.69, 9.17) is 9.73 Å². The van der Waals surface area contributed by atoms with E-state index < -0.39 is 17.7 Å². The summed E-state index contributed by atoms with van der Waals surface area (Å²) in [4.78, 5) is 33.0. The maximum atomic E-state index is 13.5. The van der Waals surface area contributed by atoms with E-state index in [2.05, 4.69) is 10.2 Å². The molecule has 3 aromatic rings. The van der Waals surface area contributed by atoms with Gasteiger partial charge in [-0.1, -0.05) is 60.3 Å². The Labute approximate surface area is 219 Å². The number of nitrogens with one attached hydrogen (secondary N) is 1. The number of aliphatic imine (C=N–C) groups is 1. The first-order valence-corrected chi connectivity index (χ1v) is 13.2. The molecule has 5 rings (SSSR count). The molecular formula is C29H26FN3O3S. The van der Waals surface area contributed by atoms with Gasteiger partial charge < -0.3 is 15.0 Å². The van der Waals surface area contributed by atoms with Crippen molar-refractivity contribution >= 4 is 40.2 Å². The molecule has 0 aliphatic carbocycles. The molecule has 1 saturated heterocycles. The molecule has 2 aliphatic heterocycles. The van der Waals surface area contributed by atoms with E-state index in [0.29, 0.717) is 17.0 Å². The number of nitrogens with zero attached hydrogens (tertiary/aromatic N) is 2. The number of rotatable bonds is 6. The zero-order chi connectivity index (χ0) is 25.8. The minimum atomic E-state index is -0.468. The Balaban J connectivity index is 1.53. The monoisotopic (exact) mass is 515 g/mol. The van der Waals surface area contributed by atoms with E-state index in [1.54, 1.807) is 36.9 Å². The highest BCUT2D eigenvalue weighted by Crippen LogP contribution is 2.43.